The zero-order valence-corrected chi connectivity index (χ0v) is 10.4. The highest BCUT2D eigenvalue weighted by Crippen LogP contribution is 2.18. The molecule has 0 bridgehead atoms. The Morgan fingerprint density at radius 1 is 1.50 bits per heavy atom. The van der Waals surface area contributed by atoms with E-state index in [9.17, 15) is 12.8 Å². The highest BCUT2D eigenvalue weighted by atomic mass is 35.5. The van der Waals surface area contributed by atoms with Gasteiger partial charge in [0.05, 0.1) is 11.0 Å². The number of benzene rings is 1. The Kier molecular flexibility index (Phi) is 4.29. The van der Waals surface area contributed by atoms with Crippen molar-refractivity contribution in [3.05, 3.63) is 34.6 Å². The van der Waals surface area contributed by atoms with E-state index in [0.717, 1.165) is 6.07 Å². The molecule has 0 aliphatic heterocycles. The highest BCUT2D eigenvalue weighted by Gasteiger charge is 2.21. The molecular weight excluding hydrogens is 253 g/mol. The average molecular weight is 266 g/mol. The number of rotatable bonds is 4. The molecule has 1 atom stereocenters. The van der Waals surface area contributed by atoms with Crippen molar-refractivity contribution in [1.82, 2.24) is 0 Å². The second kappa shape index (κ2) is 5.12. The van der Waals surface area contributed by atoms with Gasteiger partial charge in [0.2, 0.25) is 0 Å². The molecule has 1 aromatic rings. The Bertz CT molecular complexity index is 476. The number of nitrogens with two attached hydrogens (primary N) is 1. The first-order chi connectivity index (χ1) is 7.36. The highest BCUT2D eigenvalue weighted by molar-refractivity contribution is 7.91. The normalized spacial score (nSPS) is 13.8. The smallest absolute Gasteiger partial charge is 0.158 e. The summed E-state index contributed by atoms with van der Waals surface area (Å²) in [4.78, 5) is 0. The van der Waals surface area contributed by atoms with Crippen molar-refractivity contribution in [2.24, 2.45) is 5.73 Å². The zero-order valence-electron chi connectivity index (χ0n) is 8.78. The van der Waals surface area contributed by atoms with E-state index in [2.05, 4.69) is 0 Å². The maximum atomic E-state index is 13.3. The van der Waals surface area contributed by atoms with E-state index in [0.29, 0.717) is 5.02 Å². The number of sulfone groups is 1. The maximum absolute atomic E-state index is 13.3. The summed E-state index contributed by atoms with van der Waals surface area (Å²) in [6.07, 6.45) is 0. The van der Waals surface area contributed by atoms with Gasteiger partial charge in [-0.15, -0.1) is 0 Å². The Labute approximate surface area is 99.3 Å². The molecule has 90 valence electrons. The van der Waals surface area contributed by atoms with Crippen molar-refractivity contribution in [3.63, 3.8) is 0 Å². The molecule has 1 aromatic carbocycles. The third-order valence-corrected chi connectivity index (χ3v) is 4.68. The van der Waals surface area contributed by atoms with Gasteiger partial charge < -0.3 is 5.73 Å². The SMILES string of the molecule is CC(CN)S(=O)(=O)Cc1cc(Cl)ccc1F. The topological polar surface area (TPSA) is 60.2 Å². The molecule has 2 N–H and O–H groups in total. The van der Waals surface area contributed by atoms with Crippen LogP contribution in [0.1, 0.15) is 12.5 Å². The largest absolute Gasteiger partial charge is 0.329 e. The Morgan fingerprint density at radius 3 is 2.69 bits per heavy atom. The third-order valence-electron chi connectivity index (χ3n) is 2.31. The minimum Gasteiger partial charge on any atom is -0.329 e. The van der Waals surface area contributed by atoms with Crippen molar-refractivity contribution in [2.45, 2.75) is 17.9 Å². The van der Waals surface area contributed by atoms with Gasteiger partial charge in [0.1, 0.15) is 5.82 Å². The monoisotopic (exact) mass is 265 g/mol. The van der Waals surface area contributed by atoms with Gasteiger partial charge in [0, 0.05) is 17.1 Å². The molecule has 1 unspecified atom stereocenters. The predicted molar refractivity (Wildman–Crippen MR) is 62.6 cm³/mol. The quantitative estimate of drug-likeness (QED) is 0.902. The van der Waals surface area contributed by atoms with Crippen molar-refractivity contribution < 1.29 is 12.8 Å². The van der Waals surface area contributed by atoms with Crippen molar-refractivity contribution in [2.75, 3.05) is 6.54 Å². The lowest BCUT2D eigenvalue weighted by Crippen LogP contribution is -2.28. The first-order valence-corrected chi connectivity index (χ1v) is 6.81. The molecule has 0 fully saturated rings. The number of halogens is 2. The van der Waals surface area contributed by atoms with Crippen LogP contribution in [0.15, 0.2) is 18.2 Å². The predicted octanol–water partition coefficient (Wildman–Crippen LogP) is 1.74. The molecule has 16 heavy (non-hydrogen) atoms. The minimum absolute atomic E-state index is 0.0184. The first-order valence-electron chi connectivity index (χ1n) is 4.72. The van der Waals surface area contributed by atoms with Crippen LogP contribution in [0.2, 0.25) is 5.02 Å². The summed E-state index contributed by atoms with van der Waals surface area (Å²) in [5.41, 5.74) is 5.36. The van der Waals surface area contributed by atoms with Gasteiger partial charge in [0.25, 0.3) is 0 Å². The van der Waals surface area contributed by atoms with E-state index in [-0.39, 0.29) is 17.9 Å². The van der Waals surface area contributed by atoms with Crippen molar-refractivity contribution >= 4 is 21.4 Å². The summed E-state index contributed by atoms with van der Waals surface area (Å²) in [5, 5.41) is -0.377. The van der Waals surface area contributed by atoms with Crippen LogP contribution in [0, 0.1) is 5.82 Å². The standard InChI is InChI=1S/C10H13ClFNO2S/c1-7(5-13)16(14,15)6-8-4-9(11)2-3-10(8)12/h2-4,7H,5-6,13H2,1H3. The molecule has 3 nitrogen and oxygen atoms in total. The first kappa shape index (κ1) is 13.4. The number of hydrogen-bond acceptors (Lipinski definition) is 3. The molecule has 0 heterocycles. The molecule has 6 heteroatoms. The summed E-state index contributed by atoms with van der Waals surface area (Å²) in [6.45, 7) is 1.52. The zero-order chi connectivity index (χ0) is 12.3. The van der Waals surface area contributed by atoms with E-state index >= 15 is 0 Å². The average Bonchev–Trinajstić information content (AvgIpc) is 2.22. The molecule has 0 spiro atoms. The Balaban J connectivity index is 3.01. The summed E-state index contributed by atoms with van der Waals surface area (Å²) < 4.78 is 36.7. The number of hydrogen-bond donors (Lipinski definition) is 1. The van der Waals surface area contributed by atoms with Gasteiger partial charge in [0.15, 0.2) is 9.84 Å². The van der Waals surface area contributed by atoms with Crippen LogP contribution < -0.4 is 5.73 Å². The van der Waals surface area contributed by atoms with Gasteiger partial charge >= 0.3 is 0 Å². The van der Waals surface area contributed by atoms with Crippen molar-refractivity contribution in [3.8, 4) is 0 Å². The van der Waals surface area contributed by atoms with E-state index in [4.69, 9.17) is 17.3 Å². The fraction of sp³-hybridized carbons (Fsp3) is 0.400. The van der Waals surface area contributed by atoms with Crippen molar-refractivity contribution in [1.29, 1.82) is 0 Å². The molecule has 0 aromatic heterocycles. The summed E-state index contributed by atoms with van der Waals surface area (Å²) in [6, 6.07) is 3.84. The van der Waals surface area contributed by atoms with Crippen LogP contribution in [0.25, 0.3) is 0 Å². The van der Waals surface area contributed by atoms with E-state index in [1.165, 1.54) is 19.1 Å². The fourth-order valence-electron chi connectivity index (χ4n) is 1.16. The second-order valence-corrected chi connectivity index (χ2v) is 6.44. The molecule has 0 aliphatic rings. The lowest BCUT2D eigenvalue weighted by atomic mass is 10.2. The molecule has 0 saturated heterocycles. The minimum atomic E-state index is -3.43. The van der Waals surface area contributed by atoms with Crippen LogP contribution in [-0.4, -0.2) is 20.2 Å². The maximum Gasteiger partial charge on any atom is 0.158 e. The second-order valence-electron chi connectivity index (χ2n) is 3.59. The Hall–Kier alpha value is -0.650. The van der Waals surface area contributed by atoms with E-state index in [1.54, 1.807) is 0 Å². The molecule has 0 radical (unpaired) electrons. The summed E-state index contributed by atoms with van der Waals surface area (Å²) >= 11 is 5.67. The molecule has 0 aliphatic carbocycles. The van der Waals surface area contributed by atoms with Crippen LogP contribution in [0.4, 0.5) is 4.39 Å². The van der Waals surface area contributed by atoms with Gasteiger partial charge in [-0.05, 0) is 25.1 Å². The van der Waals surface area contributed by atoms with Crippen LogP contribution >= 0.6 is 11.6 Å². The van der Waals surface area contributed by atoms with Crippen LogP contribution in [-0.2, 0) is 15.6 Å². The fourth-order valence-corrected chi connectivity index (χ4v) is 2.59. The Morgan fingerprint density at radius 2 is 2.12 bits per heavy atom. The summed E-state index contributed by atoms with van der Waals surface area (Å²) in [5.74, 6) is -0.949. The molecule has 0 saturated carbocycles. The van der Waals surface area contributed by atoms with E-state index in [1.807, 2.05) is 0 Å². The van der Waals surface area contributed by atoms with Crippen LogP contribution in [0.3, 0.4) is 0 Å². The summed E-state index contributed by atoms with van der Waals surface area (Å²) in [7, 11) is -3.43. The van der Waals surface area contributed by atoms with Crippen LogP contribution in [0.5, 0.6) is 0 Å². The molecular formula is C10H13ClFNO2S. The lowest BCUT2D eigenvalue weighted by molar-refractivity contribution is 0.577. The molecule has 0 amide bonds. The van der Waals surface area contributed by atoms with Gasteiger partial charge in [-0.2, -0.15) is 0 Å². The molecule has 1 rings (SSSR count). The third kappa shape index (κ3) is 3.17. The lowest BCUT2D eigenvalue weighted by Gasteiger charge is -2.11. The van der Waals surface area contributed by atoms with Gasteiger partial charge in [-0.1, -0.05) is 11.6 Å². The van der Waals surface area contributed by atoms with E-state index < -0.39 is 20.9 Å². The van der Waals surface area contributed by atoms with Gasteiger partial charge in [-0.25, -0.2) is 12.8 Å². The van der Waals surface area contributed by atoms with Gasteiger partial charge in [-0.3, -0.25) is 0 Å².